The van der Waals surface area contributed by atoms with Crippen LogP contribution in [0.25, 0.3) is 0 Å². The molecular weight excluding hydrogens is 507 g/mol. The number of anilines is 2. The molecule has 0 unspecified atom stereocenters. The smallest absolute Gasteiger partial charge is 0.329 e. The van der Waals surface area contributed by atoms with Crippen molar-refractivity contribution in [2.24, 2.45) is 5.10 Å². The molecule has 0 radical (unpaired) electrons. The van der Waals surface area contributed by atoms with Crippen LogP contribution in [0.4, 0.5) is 15.8 Å². The van der Waals surface area contributed by atoms with Gasteiger partial charge in [-0.3, -0.25) is 14.4 Å². The second-order valence-corrected chi connectivity index (χ2v) is 7.83. The van der Waals surface area contributed by atoms with Crippen molar-refractivity contribution in [3.8, 4) is 5.75 Å². The van der Waals surface area contributed by atoms with E-state index in [1.807, 2.05) is 19.1 Å². The van der Waals surface area contributed by atoms with Gasteiger partial charge in [0.15, 0.2) is 6.61 Å². The molecule has 0 bridgehead atoms. The Labute approximate surface area is 203 Å². The largest absolute Gasteiger partial charge is 0.483 e. The predicted molar refractivity (Wildman–Crippen MR) is 130 cm³/mol. The summed E-state index contributed by atoms with van der Waals surface area (Å²) < 4.78 is 20.1. The summed E-state index contributed by atoms with van der Waals surface area (Å²) >= 11 is 3.41. The number of hydrogen-bond donors (Lipinski definition) is 3. The van der Waals surface area contributed by atoms with Crippen LogP contribution in [0.1, 0.15) is 11.1 Å². The highest BCUT2D eigenvalue weighted by molar-refractivity contribution is 9.10. The van der Waals surface area contributed by atoms with Gasteiger partial charge in [-0.05, 0) is 55.0 Å². The Hall–Kier alpha value is -4.05. The van der Waals surface area contributed by atoms with Crippen molar-refractivity contribution in [1.82, 2.24) is 5.43 Å². The molecule has 8 nitrogen and oxygen atoms in total. The van der Waals surface area contributed by atoms with Crippen molar-refractivity contribution in [3.05, 3.63) is 88.1 Å². The number of ether oxygens (including phenoxy) is 1. The second kappa shape index (κ2) is 11.7. The monoisotopic (exact) mass is 526 g/mol. The number of aryl methyl sites for hydroxylation is 1. The van der Waals surface area contributed by atoms with E-state index in [4.69, 9.17) is 4.74 Å². The maximum absolute atomic E-state index is 13.6. The highest BCUT2D eigenvalue weighted by atomic mass is 79.9. The first-order valence-electron chi connectivity index (χ1n) is 10.00. The molecule has 3 amide bonds. The molecule has 0 atom stereocenters. The highest BCUT2D eigenvalue weighted by Gasteiger charge is 2.15. The van der Waals surface area contributed by atoms with Crippen LogP contribution < -0.4 is 20.8 Å². The number of amides is 3. The zero-order chi connectivity index (χ0) is 24.5. The lowest BCUT2D eigenvalue weighted by Gasteiger charge is -2.10. The lowest BCUT2D eigenvalue weighted by atomic mass is 10.2. The van der Waals surface area contributed by atoms with E-state index in [9.17, 15) is 18.8 Å². The number of benzene rings is 3. The highest BCUT2D eigenvalue weighted by Crippen LogP contribution is 2.20. The van der Waals surface area contributed by atoms with Crippen molar-refractivity contribution in [2.75, 3.05) is 17.2 Å². The van der Waals surface area contributed by atoms with Crippen molar-refractivity contribution < 1.29 is 23.5 Å². The van der Waals surface area contributed by atoms with Gasteiger partial charge in [0, 0.05) is 15.7 Å². The third-order valence-corrected chi connectivity index (χ3v) is 5.31. The van der Waals surface area contributed by atoms with E-state index in [-0.39, 0.29) is 18.2 Å². The van der Waals surface area contributed by atoms with Gasteiger partial charge in [-0.25, -0.2) is 9.82 Å². The third kappa shape index (κ3) is 6.97. The zero-order valence-corrected chi connectivity index (χ0v) is 19.6. The quantitative estimate of drug-likeness (QED) is 0.245. The Morgan fingerprint density at radius 1 is 1.00 bits per heavy atom. The summed E-state index contributed by atoms with van der Waals surface area (Å²) in [6.45, 7) is 1.66. The third-order valence-electron chi connectivity index (χ3n) is 4.42. The average molecular weight is 527 g/mol. The number of hydrazone groups is 1. The summed E-state index contributed by atoms with van der Waals surface area (Å²) in [5, 5.41) is 8.64. The molecule has 10 heteroatoms. The number of nitrogens with zero attached hydrogens (tertiary/aromatic N) is 1. The van der Waals surface area contributed by atoms with Crippen LogP contribution in [0.5, 0.6) is 5.75 Å². The van der Waals surface area contributed by atoms with Gasteiger partial charge >= 0.3 is 11.8 Å². The Balaban J connectivity index is 1.54. The molecule has 0 heterocycles. The minimum atomic E-state index is -1.08. The fourth-order valence-corrected chi connectivity index (χ4v) is 2.98. The fourth-order valence-electron chi connectivity index (χ4n) is 2.73. The lowest BCUT2D eigenvalue weighted by molar-refractivity contribution is -0.136. The number of nitrogens with one attached hydrogen (secondary N) is 3. The SMILES string of the molecule is Cc1cc(NC(=O)COc2ccccc2/C=N\NC(=O)C(=O)Nc2ccccc2F)ccc1Br. The summed E-state index contributed by atoms with van der Waals surface area (Å²) in [6, 6.07) is 17.6. The normalized spacial score (nSPS) is 10.6. The van der Waals surface area contributed by atoms with Crippen LogP contribution in [-0.2, 0) is 14.4 Å². The van der Waals surface area contributed by atoms with E-state index in [1.54, 1.807) is 30.3 Å². The van der Waals surface area contributed by atoms with Gasteiger partial charge in [-0.1, -0.05) is 40.2 Å². The van der Waals surface area contributed by atoms with Crippen LogP contribution in [0.2, 0.25) is 0 Å². The molecule has 3 rings (SSSR count). The van der Waals surface area contributed by atoms with Crippen molar-refractivity contribution in [1.29, 1.82) is 0 Å². The van der Waals surface area contributed by atoms with E-state index in [1.165, 1.54) is 24.4 Å². The Bertz CT molecular complexity index is 1250. The number of para-hydroxylation sites is 2. The maximum Gasteiger partial charge on any atom is 0.329 e. The first kappa shape index (κ1) is 24.6. The van der Waals surface area contributed by atoms with Crippen molar-refractivity contribution >= 4 is 51.2 Å². The second-order valence-electron chi connectivity index (χ2n) is 6.97. The van der Waals surface area contributed by atoms with E-state index in [0.717, 1.165) is 16.1 Å². The molecule has 0 aliphatic heterocycles. The number of rotatable bonds is 7. The van der Waals surface area contributed by atoms with Crippen molar-refractivity contribution in [2.45, 2.75) is 6.92 Å². The Morgan fingerprint density at radius 2 is 1.74 bits per heavy atom. The van der Waals surface area contributed by atoms with Gasteiger partial charge in [0.2, 0.25) is 0 Å². The molecule has 0 fully saturated rings. The average Bonchev–Trinajstić information content (AvgIpc) is 2.82. The van der Waals surface area contributed by atoms with Crippen LogP contribution in [-0.4, -0.2) is 30.5 Å². The molecule has 3 aromatic rings. The maximum atomic E-state index is 13.6. The van der Waals surface area contributed by atoms with E-state index >= 15 is 0 Å². The molecule has 0 saturated heterocycles. The van der Waals surface area contributed by atoms with Crippen LogP contribution in [0, 0.1) is 12.7 Å². The molecular formula is C24H20BrFN4O4. The molecule has 3 N–H and O–H groups in total. The molecule has 0 saturated carbocycles. The standard InChI is InChI=1S/C24H20BrFN4O4/c1-15-12-17(10-11-18(15)25)28-22(31)14-34-21-9-5-2-6-16(21)13-27-30-24(33)23(32)29-20-8-4-3-7-19(20)26/h2-13H,14H2,1H3,(H,28,31)(H,29,32)(H,30,33)/b27-13-. The molecule has 0 aromatic heterocycles. The summed E-state index contributed by atoms with van der Waals surface area (Å²) in [5.74, 6) is -2.84. The van der Waals surface area contributed by atoms with Crippen molar-refractivity contribution in [3.63, 3.8) is 0 Å². The number of hydrogen-bond acceptors (Lipinski definition) is 5. The lowest BCUT2D eigenvalue weighted by Crippen LogP contribution is -2.32. The predicted octanol–water partition coefficient (Wildman–Crippen LogP) is 4.00. The summed E-state index contributed by atoms with van der Waals surface area (Å²) in [7, 11) is 0. The van der Waals surface area contributed by atoms with Gasteiger partial charge in [0.25, 0.3) is 5.91 Å². The van der Waals surface area contributed by atoms with Gasteiger partial charge < -0.3 is 15.4 Å². The van der Waals surface area contributed by atoms with Gasteiger partial charge in [-0.2, -0.15) is 5.10 Å². The molecule has 0 aliphatic carbocycles. The van der Waals surface area contributed by atoms with Gasteiger partial charge in [0.05, 0.1) is 11.9 Å². The molecule has 34 heavy (non-hydrogen) atoms. The summed E-state index contributed by atoms with van der Waals surface area (Å²) in [5.41, 5.74) is 4.02. The van der Waals surface area contributed by atoms with Crippen LogP contribution >= 0.6 is 15.9 Å². The Morgan fingerprint density at radius 3 is 2.50 bits per heavy atom. The minimum Gasteiger partial charge on any atom is -0.483 e. The van der Waals surface area contributed by atoms with E-state index in [0.29, 0.717) is 17.0 Å². The Kier molecular flexibility index (Phi) is 8.47. The number of carbonyl (C=O) groups excluding carboxylic acids is 3. The summed E-state index contributed by atoms with van der Waals surface area (Å²) in [6.07, 6.45) is 1.26. The van der Waals surface area contributed by atoms with E-state index in [2.05, 4.69) is 37.1 Å². The van der Waals surface area contributed by atoms with E-state index < -0.39 is 17.6 Å². The minimum absolute atomic E-state index is 0.123. The first-order chi connectivity index (χ1) is 16.3. The van der Waals surface area contributed by atoms with Gasteiger partial charge in [-0.15, -0.1) is 0 Å². The molecule has 0 spiro atoms. The van der Waals surface area contributed by atoms with Gasteiger partial charge in [0.1, 0.15) is 11.6 Å². The topological polar surface area (TPSA) is 109 Å². The van der Waals surface area contributed by atoms with Crippen LogP contribution in [0.3, 0.4) is 0 Å². The molecule has 3 aromatic carbocycles. The molecule has 174 valence electrons. The number of carbonyl (C=O) groups is 3. The fraction of sp³-hybridized carbons (Fsp3) is 0.0833. The zero-order valence-electron chi connectivity index (χ0n) is 18.0. The summed E-state index contributed by atoms with van der Waals surface area (Å²) in [4.78, 5) is 36.1. The number of halogens is 2. The molecule has 0 aliphatic rings. The first-order valence-corrected chi connectivity index (χ1v) is 10.8. The van der Waals surface area contributed by atoms with Crippen LogP contribution in [0.15, 0.2) is 76.3 Å².